The Balaban J connectivity index is 1.90. The molecule has 1 atom stereocenters. The summed E-state index contributed by atoms with van der Waals surface area (Å²) in [5.74, 6) is -0.278. The van der Waals surface area contributed by atoms with Crippen LogP contribution in [0.5, 0.6) is 0 Å². The van der Waals surface area contributed by atoms with E-state index in [0.29, 0.717) is 12.5 Å². The monoisotopic (exact) mass is 335 g/mol. The summed E-state index contributed by atoms with van der Waals surface area (Å²) in [6.45, 7) is 0.593. The molecule has 0 bridgehead atoms. The quantitative estimate of drug-likeness (QED) is 0.833. The molecule has 1 aromatic rings. The number of halogens is 1. The normalized spacial score (nSPS) is 22.2. The van der Waals surface area contributed by atoms with Crippen molar-refractivity contribution in [1.82, 2.24) is 10.2 Å². The van der Waals surface area contributed by atoms with Crippen LogP contribution in [0.4, 0.5) is 4.39 Å². The van der Waals surface area contributed by atoms with Crippen molar-refractivity contribution in [3.05, 3.63) is 35.6 Å². The van der Waals surface area contributed by atoms with Crippen molar-refractivity contribution < 1.29 is 14.0 Å². The molecule has 1 aliphatic carbocycles. The number of nitrogens with two attached hydrogens (primary N) is 1. The lowest BCUT2D eigenvalue weighted by atomic mass is 9.81. The number of carbonyl (C=O) groups excluding carboxylic acids is 2. The number of amides is 2. The van der Waals surface area contributed by atoms with Crippen LogP contribution in [-0.2, 0) is 9.59 Å². The van der Waals surface area contributed by atoms with Gasteiger partial charge < -0.3 is 11.1 Å². The lowest BCUT2D eigenvalue weighted by Crippen LogP contribution is -2.40. The number of hydrogen-bond donors (Lipinski definition) is 2. The third-order valence-corrected chi connectivity index (χ3v) is 4.76. The van der Waals surface area contributed by atoms with Gasteiger partial charge in [-0.3, -0.25) is 14.5 Å². The largest absolute Gasteiger partial charge is 0.369 e. The highest BCUT2D eigenvalue weighted by Crippen LogP contribution is 2.28. The molecule has 1 unspecified atom stereocenters. The lowest BCUT2D eigenvalue weighted by Gasteiger charge is -2.28. The van der Waals surface area contributed by atoms with Crippen LogP contribution in [0.1, 0.15) is 37.3 Å². The van der Waals surface area contributed by atoms with E-state index in [1.54, 1.807) is 12.1 Å². The van der Waals surface area contributed by atoms with Gasteiger partial charge in [0.1, 0.15) is 11.9 Å². The van der Waals surface area contributed by atoms with Crippen LogP contribution in [0.2, 0.25) is 0 Å². The van der Waals surface area contributed by atoms with Crippen molar-refractivity contribution in [2.45, 2.75) is 31.7 Å². The average molecular weight is 335 g/mol. The molecule has 0 spiro atoms. The van der Waals surface area contributed by atoms with Crippen LogP contribution < -0.4 is 11.1 Å². The number of rotatable bonds is 6. The maximum atomic E-state index is 13.1. The first kappa shape index (κ1) is 18.4. The summed E-state index contributed by atoms with van der Waals surface area (Å²) in [4.78, 5) is 25.6. The van der Waals surface area contributed by atoms with Crippen LogP contribution in [0.25, 0.3) is 0 Å². The zero-order valence-electron chi connectivity index (χ0n) is 14.3. The molecule has 6 heteroatoms. The van der Waals surface area contributed by atoms with E-state index in [1.165, 1.54) is 12.1 Å². The third kappa shape index (κ3) is 4.77. The van der Waals surface area contributed by atoms with Gasteiger partial charge in [0.05, 0.1) is 0 Å². The Morgan fingerprint density at radius 1 is 1.21 bits per heavy atom. The number of primary amides is 1. The Kier molecular flexibility index (Phi) is 6.31. The molecule has 5 nitrogen and oxygen atoms in total. The van der Waals surface area contributed by atoms with Crippen LogP contribution >= 0.6 is 0 Å². The van der Waals surface area contributed by atoms with Crippen molar-refractivity contribution in [2.75, 3.05) is 20.6 Å². The van der Waals surface area contributed by atoms with Crippen molar-refractivity contribution in [2.24, 2.45) is 17.6 Å². The Bertz CT molecular complexity index is 566. The number of nitrogens with one attached hydrogen (secondary N) is 1. The van der Waals surface area contributed by atoms with Gasteiger partial charge in [-0.1, -0.05) is 12.1 Å². The maximum Gasteiger partial charge on any atom is 0.241 e. The van der Waals surface area contributed by atoms with Gasteiger partial charge in [-0.15, -0.1) is 0 Å². The second-order valence-corrected chi connectivity index (χ2v) is 6.78. The fourth-order valence-electron chi connectivity index (χ4n) is 3.32. The summed E-state index contributed by atoms with van der Waals surface area (Å²) in [6, 6.07) is 5.55. The Hall–Kier alpha value is -1.95. The minimum Gasteiger partial charge on any atom is -0.369 e. The molecule has 1 saturated carbocycles. The van der Waals surface area contributed by atoms with Gasteiger partial charge >= 0.3 is 0 Å². The number of likely N-dealkylation sites (N-methyl/N-ethyl adjacent to an activating group) is 1. The first-order valence-corrected chi connectivity index (χ1v) is 8.37. The van der Waals surface area contributed by atoms with E-state index in [4.69, 9.17) is 5.73 Å². The third-order valence-electron chi connectivity index (χ3n) is 4.76. The second kappa shape index (κ2) is 8.24. The van der Waals surface area contributed by atoms with E-state index in [-0.39, 0.29) is 23.5 Å². The molecule has 2 amide bonds. The molecule has 0 aromatic heterocycles. The molecule has 2 rings (SSSR count). The van der Waals surface area contributed by atoms with Crippen LogP contribution in [0, 0.1) is 17.7 Å². The minimum absolute atomic E-state index is 0.0225. The molecule has 0 heterocycles. The highest BCUT2D eigenvalue weighted by molar-refractivity contribution is 5.83. The number of hydrogen-bond acceptors (Lipinski definition) is 3. The summed E-state index contributed by atoms with van der Waals surface area (Å²) in [7, 11) is 3.65. The van der Waals surface area contributed by atoms with Gasteiger partial charge in [-0.25, -0.2) is 4.39 Å². The summed E-state index contributed by atoms with van der Waals surface area (Å²) < 4.78 is 13.1. The summed E-state index contributed by atoms with van der Waals surface area (Å²) in [5.41, 5.74) is 6.10. The molecule has 132 valence electrons. The van der Waals surface area contributed by atoms with E-state index >= 15 is 0 Å². The van der Waals surface area contributed by atoms with E-state index in [2.05, 4.69) is 5.32 Å². The Labute approximate surface area is 142 Å². The smallest absolute Gasteiger partial charge is 0.241 e. The molecule has 0 aliphatic heterocycles. The topological polar surface area (TPSA) is 75.4 Å². The second-order valence-electron chi connectivity index (χ2n) is 6.78. The Morgan fingerprint density at radius 3 is 2.29 bits per heavy atom. The summed E-state index contributed by atoms with van der Waals surface area (Å²) >= 11 is 0. The van der Waals surface area contributed by atoms with E-state index in [0.717, 1.165) is 31.2 Å². The molecular weight excluding hydrogens is 309 g/mol. The molecule has 0 radical (unpaired) electrons. The fourth-order valence-corrected chi connectivity index (χ4v) is 3.32. The van der Waals surface area contributed by atoms with Crippen molar-refractivity contribution >= 4 is 11.8 Å². The van der Waals surface area contributed by atoms with E-state index in [1.807, 2.05) is 19.0 Å². The Morgan fingerprint density at radius 2 is 1.79 bits per heavy atom. The molecule has 1 aromatic carbocycles. The van der Waals surface area contributed by atoms with Gasteiger partial charge in [-0.05, 0) is 63.4 Å². The van der Waals surface area contributed by atoms with Gasteiger partial charge in [-0.2, -0.15) is 0 Å². The number of carbonyl (C=O) groups is 2. The summed E-state index contributed by atoms with van der Waals surface area (Å²) in [6.07, 6.45) is 3.39. The van der Waals surface area contributed by atoms with E-state index in [9.17, 15) is 14.0 Å². The van der Waals surface area contributed by atoms with Crippen molar-refractivity contribution in [3.8, 4) is 0 Å². The van der Waals surface area contributed by atoms with E-state index < -0.39 is 6.04 Å². The van der Waals surface area contributed by atoms with Gasteiger partial charge in [0.25, 0.3) is 0 Å². The van der Waals surface area contributed by atoms with Gasteiger partial charge in [0, 0.05) is 12.5 Å². The molecule has 1 fully saturated rings. The van der Waals surface area contributed by atoms with Gasteiger partial charge in [0.2, 0.25) is 11.8 Å². The molecule has 0 saturated heterocycles. The number of benzene rings is 1. The lowest BCUT2D eigenvalue weighted by molar-refractivity contribution is -0.126. The standard InChI is InChI=1S/C18H26FN3O2/c1-22(2)16(13-7-9-15(19)10-8-13)18(24)21-11-12-3-5-14(6-4-12)17(20)23/h7-10,12,14,16H,3-6,11H2,1-2H3,(H2,20,23)(H,21,24). The predicted octanol–water partition coefficient (Wildman–Crippen LogP) is 1.84. The molecule has 3 N–H and O–H groups in total. The van der Waals surface area contributed by atoms with Crippen LogP contribution in [0.3, 0.4) is 0 Å². The first-order valence-electron chi connectivity index (χ1n) is 8.37. The summed E-state index contributed by atoms with van der Waals surface area (Å²) in [5, 5.41) is 3.00. The first-order chi connectivity index (χ1) is 11.4. The zero-order chi connectivity index (χ0) is 17.7. The minimum atomic E-state index is -0.451. The predicted molar refractivity (Wildman–Crippen MR) is 90.5 cm³/mol. The number of nitrogens with zero attached hydrogens (tertiary/aromatic N) is 1. The molecule has 24 heavy (non-hydrogen) atoms. The molecule has 1 aliphatic rings. The van der Waals surface area contributed by atoms with Crippen molar-refractivity contribution in [1.29, 1.82) is 0 Å². The van der Waals surface area contributed by atoms with Crippen molar-refractivity contribution in [3.63, 3.8) is 0 Å². The maximum absolute atomic E-state index is 13.1. The molecular formula is C18H26FN3O2. The zero-order valence-corrected chi connectivity index (χ0v) is 14.3. The van der Waals surface area contributed by atoms with Crippen LogP contribution in [-0.4, -0.2) is 37.4 Å². The average Bonchev–Trinajstić information content (AvgIpc) is 2.55. The SMILES string of the molecule is CN(C)C(C(=O)NCC1CCC(C(N)=O)CC1)c1ccc(F)cc1. The van der Waals surface area contributed by atoms with Crippen LogP contribution in [0.15, 0.2) is 24.3 Å². The highest BCUT2D eigenvalue weighted by Gasteiger charge is 2.27. The fraction of sp³-hybridized carbons (Fsp3) is 0.556. The highest BCUT2D eigenvalue weighted by atomic mass is 19.1. The van der Waals surface area contributed by atoms with Gasteiger partial charge in [0.15, 0.2) is 0 Å².